The zero-order valence-corrected chi connectivity index (χ0v) is 13.8. The summed E-state index contributed by atoms with van der Waals surface area (Å²) < 4.78 is 20.9. The number of ether oxygens (including phenoxy) is 1. The molecule has 4 nitrogen and oxygen atoms in total. The second-order valence-corrected chi connectivity index (χ2v) is 6.39. The summed E-state index contributed by atoms with van der Waals surface area (Å²) in [6.07, 6.45) is 4.30. The Hall–Kier alpha value is -1.88. The Labute approximate surface area is 136 Å². The van der Waals surface area contributed by atoms with Crippen LogP contribution in [0.25, 0.3) is 0 Å². The van der Waals surface area contributed by atoms with Crippen molar-refractivity contribution < 1.29 is 9.13 Å². The van der Waals surface area contributed by atoms with Gasteiger partial charge >= 0.3 is 0 Å². The Bertz CT molecular complexity index is 655. The van der Waals surface area contributed by atoms with Crippen LogP contribution in [0, 0.1) is 18.7 Å². The van der Waals surface area contributed by atoms with Crippen LogP contribution >= 0.6 is 0 Å². The normalized spacial score (nSPS) is 19.0. The summed E-state index contributed by atoms with van der Waals surface area (Å²) in [6, 6.07) is 6.37. The van der Waals surface area contributed by atoms with Gasteiger partial charge < -0.3 is 4.74 Å². The van der Waals surface area contributed by atoms with E-state index in [-0.39, 0.29) is 5.82 Å². The highest BCUT2D eigenvalue weighted by Gasteiger charge is 2.21. The first-order valence-corrected chi connectivity index (χ1v) is 8.20. The Morgan fingerprint density at radius 2 is 2.26 bits per heavy atom. The second kappa shape index (κ2) is 7.13. The predicted octanol–water partition coefficient (Wildman–Crippen LogP) is 3.16. The first kappa shape index (κ1) is 16.0. The van der Waals surface area contributed by atoms with Crippen LogP contribution in [0.1, 0.15) is 24.1 Å². The van der Waals surface area contributed by atoms with Gasteiger partial charge in [-0.1, -0.05) is 6.07 Å². The molecule has 0 bridgehead atoms. The van der Waals surface area contributed by atoms with Crippen molar-refractivity contribution in [3.63, 3.8) is 0 Å². The number of nitrogens with zero attached hydrogens (tertiary/aromatic N) is 3. The molecule has 3 rings (SSSR count). The summed E-state index contributed by atoms with van der Waals surface area (Å²) >= 11 is 0. The van der Waals surface area contributed by atoms with Gasteiger partial charge in [0.2, 0.25) is 0 Å². The van der Waals surface area contributed by atoms with Gasteiger partial charge in [-0.2, -0.15) is 5.10 Å². The minimum atomic E-state index is -0.250. The number of hydrogen-bond acceptors (Lipinski definition) is 3. The fourth-order valence-electron chi connectivity index (χ4n) is 3.14. The van der Waals surface area contributed by atoms with Gasteiger partial charge in [-0.05, 0) is 38.4 Å². The summed E-state index contributed by atoms with van der Waals surface area (Å²) in [5.41, 5.74) is 2.52. The maximum absolute atomic E-state index is 13.2. The molecule has 1 fully saturated rings. The molecule has 2 aromatic rings. The van der Waals surface area contributed by atoms with Crippen molar-refractivity contribution in [1.29, 1.82) is 0 Å². The van der Waals surface area contributed by atoms with E-state index < -0.39 is 0 Å². The van der Waals surface area contributed by atoms with Crippen LogP contribution < -0.4 is 4.74 Å². The predicted molar refractivity (Wildman–Crippen MR) is 87.8 cm³/mol. The fourth-order valence-corrected chi connectivity index (χ4v) is 3.14. The number of piperidine rings is 1. The quantitative estimate of drug-likeness (QED) is 0.848. The first-order chi connectivity index (χ1) is 11.1. The van der Waals surface area contributed by atoms with Crippen LogP contribution in [0.5, 0.6) is 5.75 Å². The van der Waals surface area contributed by atoms with E-state index in [0.29, 0.717) is 18.3 Å². The topological polar surface area (TPSA) is 30.3 Å². The van der Waals surface area contributed by atoms with E-state index >= 15 is 0 Å². The van der Waals surface area contributed by atoms with Gasteiger partial charge in [-0.25, -0.2) is 4.39 Å². The average Bonchev–Trinajstić information content (AvgIpc) is 2.86. The van der Waals surface area contributed by atoms with Gasteiger partial charge in [0.15, 0.2) is 0 Å². The van der Waals surface area contributed by atoms with Crippen LogP contribution in [0.2, 0.25) is 0 Å². The lowest BCUT2D eigenvalue weighted by Crippen LogP contribution is -2.37. The molecule has 1 aliphatic heterocycles. The van der Waals surface area contributed by atoms with E-state index in [1.807, 2.05) is 24.0 Å². The summed E-state index contributed by atoms with van der Waals surface area (Å²) in [6.45, 7) is 5.83. The molecule has 1 aromatic carbocycles. The summed E-state index contributed by atoms with van der Waals surface area (Å²) in [4.78, 5) is 2.47. The number of benzene rings is 1. The van der Waals surface area contributed by atoms with Gasteiger partial charge in [0, 0.05) is 43.4 Å². The molecule has 0 radical (unpaired) electrons. The number of aryl methyl sites for hydroxylation is 1. The highest BCUT2D eigenvalue weighted by molar-refractivity contribution is 5.22. The van der Waals surface area contributed by atoms with Gasteiger partial charge in [-0.15, -0.1) is 0 Å². The Morgan fingerprint density at radius 1 is 1.39 bits per heavy atom. The third-order valence-electron chi connectivity index (χ3n) is 4.62. The lowest BCUT2D eigenvalue weighted by atomic mass is 9.98. The van der Waals surface area contributed by atoms with E-state index in [2.05, 4.69) is 16.9 Å². The Kier molecular flexibility index (Phi) is 4.96. The first-order valence-electron chi connectivity index (χ1n) is 8.20. The second-order valence-electron chi connectivity index (χ2n) is 6.39. The molecule has 0 saturated carbocycles. The van der Waals surface area contributed by atoms with Crippen molar-refractivity contribution >= 4 is 0 Å². The molecule has 1 aliphatic rings. The molecule has 1 unspecified atom stereocenters. The minimum absolute atomic E-state index is 0.250. The molecular weight excluding hydrogens is 293 g/mol. The molecule has 23 heavy (non-hydrogen) atoms. The van der Waals surface area contributed by atoms with Crippen molar-refractivity contribution in [2.24, 2.45) is 13.0 Å². The highest BCUT2D eigenvalue weighted by atomic mass is 19.1. The fraction of sp³-hybridized carbons (Fsp3) is 0.500. The molecule has 0 aliphatic carbocycles. The van der Waals surface area contributed by atoms with E-state index in [9.17, 15) is 4.39 Å². The third-order valence-corrected chi connectivity index (χ3v) is 4.62. The molecule has 5 heteroatoms. The van der Waals surface area contributed by atoms with E-state index in [4.69, 9.17) is 4.74 Å². The summed E-state index contributed by atoms with van der Waals surface area (Å²) in [5, 5.41) is 4.31. The van der Waals surface area contributed by atoms with Crippen molar-refractivity contribution in [3.05, 3.63) is 47.5 Å². The van der Waals surface area contributed by atoms with E-state index in [1.165, 1.54) is 29.8 Å². The van der Waals surface area contributed by atoms with Crippen LogP contribution in [0.3, 0.4) is 0 Å². The smallest absolute Gasteiger partial charge is 0.126 e. The lowest BCUT2D eigenvalue weighted by molar-refractivity contribution is 0.125. The zero-order valence-electron chi connectivity index (χ0n) is 13.8. The van der Waals surface area contributed by atoms with E-state index in [0.717, 1.165) is 26.1 Å². The van der Waals surface area contributed by atoms with Crippen molar-refractivity contribution in [3.8, 4) is 5.75 Å². The van der Waals surface area contributed by atoms with Crippen molar-refractivity contribution in [1.82, 2.24) is 14.7 Å². The number of aromatic nitrogens is 2. The van der Waals surface area contributed by atoms with Gasteiger partial charge in [0.25, 0.3) is 0 Å². The summed E-state index contributed by atoms with van der Waals surface area (Å²) in [7, 11) is 1.98. The number of likely N-dealkylation sites (tertiary alicyclic amines) is 1. The van der Waals surface area contributed by atoms with Gasteiger partial charge in [0.05, 0.1) is 12.8 Å². The monoisotopic (exact) mass is 317 g/mol. The molecule has 1 aromatic heterocycles. The molecule has 1 atom stereocenters. The van der Waals surface area contributed by atoms with Crippen LogP contribution in [0.15, 0.2) is 30.5 Å². The maximum Gasteiger partial charge on any atom is 0.126 e. The molecule has 2 heterocycles. The minimum Gasteiger partial charge on any atom is -0.493 e. The van der Waals surface area contributed by atoms with Crippen LogP contribution in [0.4, 0.5) is 4.39 Å². The largest absolute Gasteiger partial charge is 0.493 e. The molecule has 0 spiro atoms. The lowest BCUT2D eigenvalue weighted by Gasteiger charge is -2.32. The molecule has 0 amide bonds. The zero-order chi connectivity index (χ0) is 16.2. The molecule has 0 N–H and O–H groups in total. The molecule has 124 valence electrons. The van der Waals surface area contributed by atoms with Gasteiger partial charge in [0.1, 0.15) is 11.6 Å². The standard InChI is InChI=1S/C18H24FN3O/c1-14-16(10-20-21(14)2)12-22-8-4-5-15(11-22)13-23-18-7-3-6-17(19)9-18/h3,6-7,9-10,15H,4-5,8,11-13H2,1-2H3. The maximum atomic E-state index is 13.2. The third kappa shape index (κ3) is 4.10. The van der Waals surface area contributed by atoms with Crippen molar-refractivity contribution in [2.75, 3.05) is 19.7 Å². The molecule has 1 saturated heterocycles. The summed E-state index contributed by atoms with van der Waals surface area (Å²) in [5.74, 6) is 0.856. The molecular formula is C18H24FN3O. The number of hydrogen-bond donors (Lipinski definition) is 0. The Morgan fingerprint density at radius 3 is 3.00 bits per heavy atom. The highest BCUT2D eigenvalue weighted by Crippen LogP contribution is 2.21. The number of rotatable bonds is 5. The average molecular weight is 317 g/mol. The van der Waals surface area contributed by atoms with Crippen LogP contribution in [-0.2, 0) is 13.6 Å². The van der Waals surface area contributed by atoms with E-state index in [1.54, 1.807) is 6.07 Å². The van der Waals surface area contributed by atoms with Crippen molar-refractivity contribution in [2.45, 2.75) is 26.3 Å². The Balaban J connectivity index is 1.53. The number of halogens is 1. The van der Waals surface area contributed by atoms with Gasteiger partial charge in [-0.3, -0.25) is 9.58 Å². The van der Waals surface area contributed by atoms with Crippen LogP contribution in [-0.4, -0.2) is 34.4 Å². The SMILES string of the molecule is Cc1c(CN2CCCC(COc3cccc(F)c3)C2)cnn1C.